The maximum absolute atomic E-state index is 12.6. The first-order chi connectivity index (χ1) is 14.8. The molecule has 4 rings (SSSR count). The molecular weight excluding hydrogens is 402 g/mol. The summed E-state index contributed by atoms with van der Waals surface area (Å²) in [5.41, 5.74) is 0.559. The lowest BCUT2D eigenvalue weighted by Crippen LogP contribution is -2.53. The zero-order valence-electron chi connectivity index (χ0n) is 18.2. The SMILES string of the molecule is CO/N=C(\C)c1c(O)c2ccc(C3OC4(CCCC4)C(OC)[CH]C3O)c(C)c2oc1=O. The maximum Gasteiger partial charge on any atom is 0.349 e. The number of aliphatic hydroxyl groups is 1. The van der Waals surface area contributed by atoms with Gasteiger partial charge in [-0.05, 0) is 43.9 Å². The molecule has 2 aliphatic rings. The summed E-state index contributed by atoms with van der Waals surface area (Å²) >= 11 is 0. The van der Waals surface area contributed by atoms with Gasteiger partial charge in [-0.3, -0.25) is 0 Å². The van der Waals surface area contributed by atoms with E-state index >= 15 is 0 Å². The molecular formula is C23H28NO7. The first-order valence-electron chi connectivity index (χ1n) is 10.4. The molecule has 1 radical (unpaired) electrons. The Labute approximate surface area is 180 Å². The zero-order chi connectivity index (χ0) is 22.3. The van der Waals surface area contributed by atoms with Crippen LogP contribution in [0.5, 0.6) is 5.75 Å². The van der Waals surface area contributed by atoms with E-state index in [1.165, 1.54) is 7.11 Å². The second-order valence-corrected chi connectivity index (χ2v) is 8.28. The second kappa shape index (κ2) is 8.26. The summed E-state index contributed by atoms with van der Waals surface area (Å²) in [6.07, 6.45) is 3.80. The molecule has 2 aromatic rings. The van der Waals surface area contributed by atoms with E-state index in [4.69, 9.17) is 18.7 Å². The first kappa shape index (κ1) is 21.8. The fourth-order valence-electron chi connectivity index (χ4n) is 4.97. The number of benzene rings is 1. The average Bonchev–Trinajstić information content (AvgIpc) is 3.20. The lowest BCUT2D eigenvalue weighted by atomic mass is 9.83. The topological polar surface area (TPSA) is 111 Å². The van der Waals surface area contributed by atoms with Gasteiger partial charge in [-0.2, -0.15) is 0 Å². The third-order valence-electron chi connectivity index (χ3n) is 6.50. The van der Waals surface area contributed by atoms with Crippen molar-refractivity contribution in [2.45, 2.75) is 63.4 Å². The fraction of sp³-hybridized carbons (Fsp3) is 0.522. The van der Waals surface area contributed by atoms with Crippen molar-refractivity contribution in [1.82, 2.24) is 0 Å². The van der Waals surface area contributed by atoms with Crippen LogP contribution >= 0.6 is 0 Å². The summed E-state index contributed by atoms with van der Waals surface area (Å²) in [4.78, 5) is 17.3. The van der Waals surface area contributed by atoms with Crippen molar-refractivity contribution < 1.29 is 28.9 Å². The molecule has 1 aliphatic heterocycles. The number of oxime groups is 1. The molecule has 31 heavy (non-hydrogen) atoms. The highest BCUT2D eigenvalue weighted by atomic mass is 16.6. The molecule has 8 heteroatoms. The number of aliphatic hydroxyl groups excluding tert-OH is 1. The minimum Gasteiger partial charge on any atom is -0.506 e. The van der Waals surface area contributed by atoms with E-state index in [0.717, 1.165) is 25.7 Å². The molecule has 1 aliphatic carbocycles. The summed E-state index contributed by atoms with van der Waals surface area (Å²) in [5, 5.41) is 25.7. The van der Waals surface area contributed by atoms with E-state index in [9.17, 15) is 15.0 Å². The molecule has 1 aromatic heterocycles. The molecule has 2 N–H and O–H groups in total. The Morgan fingerprint density at radius 2 is 1.97 bits per heavy atom. The molecule has 2 fully saturated rings. The van der Waals surface area contributed by atoms with Gasteiger partial charge in [-0.25, -0.2) is 4.79 Å². The van der Waals surface area contributed by atoms with Crippen molar-refractivity contribution >= 4 is 16.7 Å². The molecule has 1 spiro atoms. The second-order valence-electron chi connectivity index (χ2n) is 8.28. The van der Waals surface area contributed by atoms with Crippen molar-refractivity contribution in [1.29, 1.82) is 0 Å². The van der Waals surface area contributed by atoms with Crippen LogP contribution in [-0.2, 0) is 14.3 Å². The lowest BCUT2D eigenvalue weighted by molar-refractivity contribution is -0.208. The van der Waals surface area contributed by atoms with Gasteiger partial charge in [0.1, 0.15) is 30.1 Å². The number of nitrogens with zero attached hydrogens (tertiary/aromatic N) is 1. The van der Waals surface area contributed by atoms with Crippen molar-refractivity contribution in [3.05, 3.63) is 45.7 Å². The average molecular weight is 430 g/mol. The number of aryl methyl sites for hydroxylation is 1. The first-order valence-corrected chi connectivity index (χ1v) is 10.4. The van der Waals surface area contributed by atoms with E-state index in [-0.39, 0.29) is 28.7 Å². The van der Waals surface area contributed by atoms with Gasteiger partial charge in [0.05, 0.1) is 28.9 Å². The number of aromatic hydroxyl groups is 1. The molecule has 3 atom stereocenters. The molecule has 0 amide bonds. The summed E-state index contributed by atoms with van der Waals surface area (Å²) < 4.78 is 17.7. The van der Waals surface area contributed by atoms with E-state index < -0.39 is 23.4 Å². The number of hydrogen-bond donors (Lipinski definition) is 2. The quantitative estimate of drug-likeness (QED) is 0.435. The van der Waals surface area contributed by atoms with Gasteiger partial charge in [0.2, 0.25) is 0 Å². The van der Waals surface area contributed by atoms with Gasteiger partial charge in [0.15, 0.2) is 0 Å². The predicted molar refractivity (Wildman–Crippen MR) is 114 cm³/mol. The summed E-state index contributed by atoms with van der Waals surface area (Å²) in [7, 11) is 2.99. The highest BCUT2D eigenvalue weighted by Crippen LogP contribution is 2.48. The van der Waals surface area contributed by atoms with Crippen LogP contribution in [0.3, 0.4) is 0 Å². The van der Waals surface area contributed by atoms with Gasteiger partial charge < -0.3 is 28.9 Å². The smallest absolute Gasteiger partial charge is 0.349 e. The third kappa shape index (κ3) is 3.52. The Morgan fingerprint density at radius 1 is 1.26 bits per heavy atom. The summed E-state index contributed by atoms with van der Waals surface area (Å²) in [6.45, 7) is 3.34. The van der Waals surface area contributed by atoms with Gasteiger partial charge in [0, 0.05) is 13.5 Å². The minimum absolute atomic E-state index is 0.0448. The molecule has 1 aromatic carbocycles. The molecule has 167 valence electrons. The van der Waals surface area contributed by atoms with Crippen molar-refractivity contribution in [2.75, 3.05) is 14.2 Å². The Hall–Kier alpha value is -2.42. The normalized spacial score (nSPS) is 26.0. The van der Waals surface area contributed by atoms with Crippen LogP contribution in [0.2, 0.25) is 0 Å². The lowest BCUT2D eigenvalue weighted by Gasteiger charge is -2.46. The largest absolute Gasteiger partial charge is 0.506 e. The van der Waals surface area contributed by atoms with E-state index in [1.54, 1.807) is 39.5 Å². The molecule has 1 saturated heterocycles. The predicted octanol–water partition coefficient (Wildman–Crippen LogP) is 3.14. The van der Waals surface area contributed by atoms with E-state index in [1.807, 2.05) is 0 Å². The highest BCUT2D eigenvalue weighted by Gasteiger charge is 2.51. The Balaban J connectivity index is 1.80. The van der Waals surface area contributed by atoms with E-state index in [2.05, 4.69) is 5.16 Å². The molecule has 3 unspecified atom stereocenters. The van der Waals surface area contributed by atoms with Crippen LogP contribution in [0.25, 0.3) is 11.0 Å². The summed E-state index contributed by atoms with van der Waals surface area (Å²) in [6, 6.07) is 3.46. The van der Waals surface area contributed by atoms with Crippen molar-refractivity contribution in [3.8, 4) is 5.75 Å². The Bertz CT molecular complexity index is 1070. The molecule has 0 bridgehead atoms. The Morgan fingerprint density at radius 3 is 2.61 bits per heavy atom. The van der Waals surface area contributed by atoms with Crippen molar-refractivity contribution in [3.63, 3.8) is 0 Å². The monoisotopic (exact) mass is 430 g/mol. The minimum atomic E-state index is -0.886. The van der Waals surface area contributed by atoms with Crippen LogP contribution in [0.15, 0.2) is 26.5 Å². The van der Waals surface area contributed by atoms with Crippen LogP contribution < -0.4 is 5.63 Å². The number of ether oxygens (including phenoxy) is 2. The molecule has 8 nitrogen and oxygen atoms in total. The maximum atomic E-state index is 12.6. The van der Waals surface area contributed by atoms with Gasteiger partial charge in [-0.1, -0.05) is 24.1 Å². The van der Waals surface area contributed by atoms with Gasteiger partial charge in [0.25, 0.3) is 0 Å². The number of fused-ring (bicyclic) bond motifs is 1. The van der Waals surface area contributed by atoms with Crippen LogP contribution in [0.4, 0.5) is 0 Å². The van der Waals surface area contributed by atoms with Crippen LogP contribution in [0.1, 0.15) is 55.4 Å². The third-order valence-corrected chi connectivity index (χ3v) is 6.50. The molecule has 2 heterocycles. The fourth-order valence-corrected chi connectivity index (χ4v) is 4.97. The Kier molecular flexibility index (Phi) is 5.81. The molecule has 1 saturated carbocycles. The van der Waals surface area contributed by atoms with Gasteiger partial charge in [-0.15, -0.1) is 0 Å². The zero-order valence-corrected chi connectivity index (χ0v) is 18.2. The van der Waals surface area contributed by atoms with Crippen LogP contribution in [0, 0.1) is 13.3 Å². The van der Waals surface area contributed by atoms with Gasteiger partial charge >= 0.3 is 5.63 Å². The van der Waals surface area contributed by atoms with Crippen molar-refractivity contribution in [2.24, 2.45) is 5.16 Å². The number of methoxy groups -OCH3 is 1. The number of hydrogen-bond acceptors (Lipinski definition) is 8. The van der Waals surface area contributed by atoms with Crippen LogP contribution in [-0.4, -0.2) is 48.0 Å². The number of rotatable bonds is 4. The standard InChI is InChI=1S/C23H28NO7/c1-12-14(21-16(25)11-17(28-3)23(31-21)9-5-6-10-23)7-8-15-19(26)18(13(2)24-29-4)22(27)30-20(12)15/h7-8,11,16-17,21,25-26H,5-6,9-10H2,1-4H3/b24-13+. The highest BCUT2D eigenvalue weighted by molar-refractivity contribution is 6.04. The van der Waals surface area contributed by atoms with E-state index in [0.29, 0.717) is 16.5 Å². The summed E-state index contributed by atoms with van der Waals surface area (Å²) in [5.74, 6) is -0.220.